The van der Waals surface area contributed by atoms with Crippen molar-refractivity contribution in [1.82, 2.24) is 10.3 Å². The summed E-state index contributed by atoms with van der Waals surface area (Å²) in [5, 5.41) is 4.57. The Morgan fingerprint density at radius 3 is 2.61 bits per heavy atom. The molecule has 1 atom stereocenters. The molecule has 0 aliphatic carbocycles. The van der Waals surface area contributed by atoms with Gasteiger partial charge in [0.2, 0.25) is 0 Å². The molecule has 1 aliphatic heterocycles. The molecule has 0 bridgehead atoms. The minimum atomic E-state index is -0.271. The highest BCUT2D eigenvalue weighted by molar-refractivity contribution is 6.39. The average Bonchev–Trinajstić information content (AvgIpc) is 3.01. The molecule has 0 saturated heterocycles. The smallest absolute Gasteiger partial charge is 0.258 e. The zero-order valence-electron chi connectivity index (χ0n) is 18.8. The molecule has 2 aromatic carbocycles. The topological polar surface area (TPSA) is 69.7 Å². The minimum absolute atomic E-state index is 0.142. The van der Waals surface area contributed by atoms with E-state index in [9.17, 15) is 4.79 Å². The lowest BCUT2D eigenvalue weighted by Gasteiger charge is -2.24. The van der Waals surface area contributed by atoms with Crippen LogP contribution >= 0.6 is 23.2 Å². The molecule has 174 valence electrons. The number of rotatable bonds is 6. The first-order valence-electron chi connectivity index (χ1n) is 10.9. The van der Waals surface area contributed by atoms with Gasteiger partial charge in [-0.2, -0.15) is 0 Å². The van der Waals surface area contributed by atoms with Crippen molar-refractivity contribution in [3.63, 3.8) is 0 Å². The summed E-state index contributed by atoms with van der Waals surface area (Å²) < 4.78 is 17.4. The molecule has 0 fully saturated rings. The second-order valence-corrected chi connectivity index (χ2v) is 9.17. The van der Waals surface area contributed by atoms with E-state index in [1.165, 1.54) is 0 Å². The molecule has 6 nitrogen and oxygen atoms in total. The molecule has 0 radical (unpaired) electrons. The van der Waals surface area contributed by atoms with Gasteiger partial charge in [-0.1, -0.05) is 43.1 Å². The van der Waals surface area contributed by atoms with Crippen LogP contribution in [0.25, 0.3) is 10.9 Å². The lowest BCUT2D eigenvalue weighted by Crippen LogP contribution is -2.35. The van der Waals surface area contributed by atoms with Gasteiger partial charge >= 0.3 is 0 Å². The molecule has 2 heterocycles. The fourth-order valence-electron chi connectivity index (χ4n) is 3.79. The van der Waals surface area contributed by atoms with Gasteiger partial charge < -0.3 is 19.5 Å². The van der Waals surface area contributed by atoms with Crippen LogP contribution < -0.4 is 19.5 Å². The molecule has 4 rings (SSSR count). The van der Waals surface area contributed by atoms with E-state index in [0.717, 1.165) is 23.4 Å². The van der Waals surface area contributed by atoms with E-state index in [4.69, 9.17) is 37.4 Å². The molecule has 0 unspecified atom stereocenters. The third-order valence-electron chi connectivity index (χ3n) is 5.44. The van der Waals surface area contributed by atoms with Gasteiger partial charge in [0, 0.05) is 17.5 Å². The number of aryl methyl sites for hydroxylation is 1. The standard InChI is InChI=1S/C25H26Cl2N2O4/c1-14(2)23(16-6-8-20-21(11-16)32-10-4-9-31-20)29-22(30)13-33-25-19(27)12-18(26)17-7-5-15(3)28-24(17)25/h5-8,11-12,14,23H,4,9-10,13H2,1-3H3,(H,29,30)/t23-/m1/s1. The van der Waals surface area contributed by atoms with E-state index in [1.54, 1.807) is 6.07 Å². The van der Waals surface area contributed by atoms with Gasteiger partial charge in [0.15, 0.2) is 23.9 Å². The largest absolute Gasteiger partial charge is 0.490 e. The maximum absolute atomic E-state index is 12.8. The highest BCUT2D eigenvalue weighted by atomic mass is 35.5. The molecule has 1 aliphatic rings. The quantitative estimate of drug-likeness (QED) is 0.467. The van der Waals surface area contributed by atoms with Gasteiger partial charge in [0.05, 0.1) is 29.3 Å². The fourth-order valence-corrected chi connectivity index (χ4v) is 4.36. The molecule has 8 heteroatoms. The number of halogens is 2. The van der Waals surface area contributed by atoms with Gasteiger partial charge in [-0.25, -0.2) is 4.98 Å². The van der Waals surface area contributed by atoms with Crippen molar-refractivity contribution in [2.75, 3.05) is 19.8 Å². The summed E-state index contributed by atoms with van der Waals surface area (Å²) in [7, 11) is 0. The molecule has 1 N–H and O–H groups in total. The first-order valence-corrected chi connectivity index (χ1v) is 11.7. The number of hydrogen-bond acceptors (Lipinski definition) is 5. The van der Waals surface area contributed by atoms with Crippen molar-refractivity contribution in [2.24, 2.45) is 5.92 Å². The summed E-state index contributed by atoms with van der Waals surface area (Å²) in [5.74, 6) is 1.63. The summed E-state index contributed by atoms with van der Waals surface area (Å²) in [4.78, 5) is 17.4. The number of amides is 1. The van der Waals surface area contributed by atoms with Gasteiger partial charge in [-0.15, -0.1) is 0 Å². The highest BCUT2D eigenvalue weighted by Gasteiger charge is 2.22. The Hall–Kier alpha value is -2.70. The summed E-state index contributed by atoms with van der Waals surface area (Å²) in [6.07, 6.45) is 0.835. The number of pyridine rings is 1. The third-order valence-corrected chi connectivity index (χ3v) is 6.03. The van der Waals surface area contributed by atoms with Crippen LogP contribution in [0.2, 0.25) is 10.0 Å². The van der Waals surface area contributed by atoms with Gasteiger partial charge in [-0.3, -0.25) is 4.79 Å². The predicted molar refractivity (Wildman–Crippen MR) is 130 cm³/mol. The monoisotopic (exact) mass is 488 g/mol. The van der Waals surface area contributed by atoms with Gasteiger partial charge in [-0.05, 0) is 48.7 Å². The second-order valence-electron chi connectivity index (χ2n) is 8.35. The van der Waals surface area contributed by atoms with Crippen molar-refractivity contribution in [3.8, 4) is 17.2 Å². The maximum atomic E-state index is 12.8. The van der Waals surface area contributed by atoms with Crippen molar-refractivity contribution in [1.29, 1.82) is 0 Å². The van der Waals surface area contributed by atoms with E-state index in [-0.39, 0.29) is 24.5 Å². The zero-order valence-corrected chi connectivity index (χ0v) is 20.3. The Kier molecular flexibility index (Phi) is 7.15. The number of fused-ring (bicyclic) bond motifs is 2. The van der Waals surface area contributed by atoms with E-state index in [2.05, 4.69) is 10.3 Å². The van der Waals surface area contributed by atoms with Crippen molar-refractivity contribution < 1.29 is 19.0 Å². The number of nitrogens with one attached hydrogen (secondary N) is 1. The van der Waals surface area contributed by atoms with Crippen LogP contribution in [0, 0.1) is 12.8 Å². The van der Waals surface area contributed by atoms with Crippen LogP contribution in [0.3, 0.4) is 0 Å². The molecular formula is C25H26Cl2N2O4. The summed E-state index contributed by atoms with van der Waals surface area (Å²) in [6.45, 7) is 6.99. The van der Waals surface area contributed by atoms with Crippen LogP contribution in [-0.2, 0) is 4.79 Å². The van der Waals surface area contributed by atoms with Gasteiger partial charge in [0.1, 0.15) is 5.52 Å². The molecule has 1 aromatic heterocycles. The number of carbonyl (C=O) groups is 1. The Balaban J connectivity index is 1.51. The van der Waals surface area contributed by atoms with Crippen LogP contribution in [-0.4, -0.2) is 30.7 Å². The first-order chi connectivity index (χ1) is 15.8. The number of carbonyl (C=O) groups excluding carboxylic acids is 1. The number of ether oxygens (including phenoxy) is 3. The van der Waals surface area contributed by atoms with Gasteiger partial charge in [0.25, 0.3) is 5.91 Å². The summed E-state index contributed by atoms with van der Waals surface area (Å²) in [5.41, 5.74) is 2.27. The van der Waals surface area contributed by atoms with E-state index in [0.29, 0.717) is 45.7 Å². The van der Waals surface area contributed by atoms with Crippen LogP contribution in [0.1, 0.15) is 37.6 Å². The van der Waals surface area contributed by atoms with Crippen molar-refractivity contribution >= 4 is 40.0 Å². The minimum Gasteiger partial charge on any atom is -0.490 e. The predicted octanol–water partition coefficient (Wildman–Crippen LogP) is 5.90. The van der Waals surface area contributed by atoms with E-state index in [1.807, 2.05) is 51.1 Å². The van der Waals surface area contributed by atoms with Crippen LogP contribution in [0.4, 0.5) is 0 Å². The molecule has 33 heavy (non-hydrogen) atoms. The number of hydrogen-bond donors (Lipinski definition) is 1. The van der Waals surface area contributed by atoms with Crippen molar-refractivity contribution in [3.05, 3.63) is 57.7 Å². The SMILES string of the molecule is Cc1ccc2c(Cl)cc(Cl)c(OCC(=O)N[C@@H](c3ccc4c(c3)OCCCO4)C(C)C)c2n1. The number of aromatic nitrogens is 1. The maximum Gasteiger partial charge on any atom is 0.258 e. The second kappa shape index (κ2) is 10.1. The lowest BCUT2D eigenvalue weighted by molar-refractivity contribution is -0.124. The molecule has 1 amide bonds. The molecular weight excluding hydrogens is 463 g/mol. The fraction of sp³-hybridized carbons (Fsp3) is 0.360. The molecule has 0 saturated carbocycles. The van der Waals surface area contributed by atoms with Crippen molar-refractivity contribution in [2.45, 2.75) is 33.2 Å². The molecule has 0 spiro atoms. The highest BCUT2D eigenvalue weighted by Crippen LogP contribution is 2.37. The Bertz CT molecular complexity index is 1180. The average molecular weight is 489 g/mol. The first kappa shape index (κ1) is 23.5. The van der Waals surface area contributed by atoms with E-state index >= 15 is 0 Å². The van der Waals surface area contributed by atoms with Crippen LogP contribution in [0.15, 0.2) is 36.4 Å². The summed E-state index contributed by atoms with van der Waals surface area (Å²) >= 11 is 12.7. The third kappa shape index (κ3) is 5.28. The summed E-state index contributed by atoms with van der Waals surface area (Å²) in [6, 6.07) is 10.9. The number of nitrogens with zero attached hydrogens (tertiary/aromatic N) is 1. The van der Waals surface area contributed by atoms with Crippen LogP contribution in [0.5, 0.6) is 17.2 Å². The Labute approximate surface area is 203 Å². The normalized spacial score (nSPS) is 14.1. The number of benzene rings is 2. The zero-order chi connectivity index (χ0) is 23.5. The Morgan fingerprint density at radius 2 is 1.85 bits per heavy atom. The van der Waals surface area contributed by atoms with E-state index < -0.39 is 0 Å². The molecule has 3 aromatic rings. The lowest BCUT2D eigenvalue weighted by atomic mass is 9.95. The Morgan fingerprint density at radius 1 is 1.09 bits per heavy atom.